The summed E-state index contributed by atoms with van der Waals surface area (Å²) in [6.07, 6.45) is 5.93. The lowest BCUT2D eigenvalue weighted by Gasteiger charge is -2.37. The number of aromatic nitrogens is 3. The SMILES string of the molecule is Cc1ccc(S(=O)(=O)n2ccc3c(NC4CC(NC(=O)OC(C)(C)C)C4)c(-c4nccs4)cnc32)cc1. The van der Waals surface area contributed by atoms with Crippen LogP contribution in [0, 0.1) is 6.92 Å². The Kier molecular flexibility index (Phi) is 6.45. The number of carbonyl (C=O) groups is 1. The number of anilines is 1. The van der Waals surface area contributed by atoms with Gasteiger partial charge < -0.3 is 15.4 Å². The number of nitrogens with zero attached hydrogens (tertiary/aromatic N) is 3. The maximum atomic E-state index is 13.4. The first-order valence-corrected chi connectivity index (χ1v) is 14.3. The number of fused-ring (bicyclic) bond motifs is 1. The van der Waals surface area contributed by atoms with E-state index in [0.717, 1.165) is 21.8 Å². The number of pyridine rings is 1. The van der Waals surface area contributed by atoms with Gasteiger partial charge in [0.1, 0.15) is 10.6 Å². The van der Waals surface area contributed by atoms with Crippen LogP contribution in [0.25, 0.3) is 21.6 Å². The first-order chi connectivity index (χ1) is 17.5. The highest BCUT2D eigenvalue weighted by Gasteiger charge is 2.33. The summed E-state index contributed by atoms with van der Waals surface area (Å²) in [5.41, 5.74) is 2.35. The van der Waals surface area contributed by atoms with Gasteiger partial charge in [-0.25, -0.2) is 27.2 Å². The van der Waals surface area contributed by atoms with E-state index in [4.69, 9.17) is 4.74 Å². The fraction of sp³-hybridized carbons (Fsp3) is 0.346. The van der Waals surface area contributed by atoms with E-state index in [9.17, 15) is 13.2 Å². The molecule has 1 saturated carbocycles. The largest absolute Gasteiger partial charge is 0.444 e. The molecule has 1 aliphatic carbocycles. The van der Waals surface area contributed by atoms with Crippen LogP contribution in [0.4, 0.5) is 10.5 Å². The van der Waals surface area contributed by atoms with Gasteiger partial charge in [-0.15, -0.1) is 11.3 Å². The Balaban J connectivity index is 1.44. The summed E-state index contributed by atoms with van der Waals surface area (Å²) < 4.78 is 33.4. The average molecular weight is 540 g/mol. The number of nitrogens with one attached hydrogen (secondary N) is 2. The molecule has 3 aromatic heterocycles. The quantitative estimate of drug-likeness (QED) is 0.347. The molecule has 194 valence electrons. The summed E-state index contributed by atoms with van der Waals surface area (Å²) in [7, 11) is -3.83. The molecule has 37 heavy (non-hydrogen) atoms. The fourth-order valence-corrected chi connectivity index (χ4v) is 6.24. The van der Waals surface area contributed by atoms with E-state index in [1.165, 1.54) is 21.5 Å². The van der Waals surface area contributed by atoms with Crippen molar-refractivity contribution in [2.24, 2.45) is 0 Å². The number of ether oxygens (including phenoxy) is 1. The second-order valence-corrected chi connectivity index (χ2v) is 12.9. The number of benzene rings is 1. The smallest absolute Gasteiger partial charge is 0.407 e. The van der Waals surface area contributed by atoms with Gasteiger partial charge in [0, 0.05) is 41.4 Å². The molecule has 11 heteroatoms. The van der Waals surface area contributed by atoms with Crippen molar-refractivity contribution < 1.29 is 17.9 Å². The second-order valence-electron chi connectivity index (χ2n) is 10.2. The van der Waals surface area contributed by atoms with Crippen LogP contribution in [0.2, 0.25) is 0 Å². The molecule has 0 bridgehead atoms. The molecule has 1 aromatic carbocycles. The molecule has 3 heterocycles. The van der Waals surface area contributed by atoms with E-state index in [1.54, 1.807) is 42.7 Å². The normalized spacial score (nSPS) is 17.8. The highest BCUT2D eigenvalue weighted by Crippen LogP contribution is 2.38. The van der Waals surface area contributed by atoms with Crippen LogP contribution >= 0.6 is 11.3 Å². The summed E-state index contributed by atoms with van der Waals surface area (Å²) in [5, 5.41) is 9.84. The zero-order valence-corrected chi connectivity index (χ0v) is 22.7. The van der Waals surface area contributed by atoms with Gasteiger partial charge >= 0.3 is 6.09 Å². The highest BCUT2D eigenvalue weighted by molar-refractivity contribution is 7.90. The van der Waals surface area contributed by atoms with Crippen LogP contribution in [0.15, 0.2) is 59.2 Å². The fourth-order valence-electron chi connectivity index (χ4n) is 4.29. The third-order valence-electron chi connectivity index (χ3n) is 6.13. The molecule has 0 radical (unpaired) electrons. The van der Waals surface area contributed by atoms with Crippen molar-refractivity contribution in [2.75, 3.05) is 5.32 Å². The summed E-state index contributed by atoms with van der Waals surface area (Å²) in [4.78, 5) is 21.3. The van der Waals surface area contributed by atoms with Gasteiger partial charge in [0.25, 0.3) is 10.0 Å². The van der Waals surface area contributed by atoms with Crippen LogP contribution < -0.4 is 10.6 Å². The van der Waals surface area contributed by atoms with Crippen LogP contribution in [0.3, 0.4) is 0 Å². The maximum absolute atomic E-state index is 13.4. The van der Waals surface area contributed by atoms with E-state index >= 15 is 0 Å². The summed E-state index contributed by atoms with van der Waals surface area (Å²) >= 11 is 1.49. The van der Waals surface area contributed by atoms with Crippen LogP contribution in [0.1, 0.15) is 39.2 Å². The number of rotatable bonds is 6. The van der Waals surface area contributed by atoms with Gasteiger partial charge in [0.2, 0.25) is 0 Å². The maximum Gasteiger partial charge on any atom is 0.407 e. The molecule has 2 N–H and O–H groups in total. The molecule has 4 aromatic rings. The molecule has 0 aliphatic heterocycles. The number of hydrogen-bond donors (Lipinski definition) is 2. The molecule has 0 saturated heterocycles. The number of hydrogen-bond acceptors (Lipinski definition) is 8. The van der Waals surface area contributed by atoms with Crippen molar-refractivity contribution in [3.05, 3.63) is 59.9 Å². The average Bonchev–Trinajstić information content (AvgIpc) is 3.47. The van der Waals surface area contributed by atoms with E-state index in [0.29, 0.717) is 23.9 Å². The minimum absolute atomic E-state index is 0.000459. The first kappa shape index (κ1) is 25.2. The van der Waals surface area contributed by atoms with Crippen molar-refractivity contribution in [3.8, 4) is 10.6 Å². The molecular formula is C26H29N5O4S2. The molecule has 1 fully saturated rings. The summed E-state index contributed by atoms with van der Waals surface area (Å²) in [6, 6.07) is 8.61. The molecule has 1 amide bonds. The zero-order chi connectivity index (χ0) is 26.4. The zero-order valence-electron chi connectivity index (χ0n) is 21.1. The van der Waals surface area contributed by atoms with Crippen LogP contribution in [0.5, 0.6) is 0 Å². The highest BCUT2D eigenvalue weighted by atomic mass is 32.2. The molecule has 0 spiro atoms. The van der Waals surface area contributed by atoms with E-state index in [1.807, 2.05) is 33.1 Å². The molecular weight excluding hydrogens is 510 g/mol. The number of amides is 1. The van der Waals surface area contributed by atoms with Crippen LogP contribution in [-0.4, -0.2) is 46.1 Å². The van der Waals surface area contributed by atoms with Crippen molar-refractivity contribution in [2.45, 2.75) is 63.1 Å². The molecule has 0 atom stereocenters. The van der Waals surface area contributed by atoms with Crippen LogP contribution in [-0.2, 0) is 14.8 Å². The number of carbonyl (C=O) groups excluding carboxylic acids is 1. The standard InChI is InChI=1S/C26H29N5O4S2/c1-16-5-7-19(8-6-16)37(33,34)31-11-9-20-22(21(15-28-23(20)31)24-27-10-12-36-24)29-17-13-18(14-17)30-25(32)35-26(2,3)4/h5-12,15,17-18H,13-14H2,1-4H3,(H,28,29)(H,30,32). The number of thiazole rings is 1. The van der Waals surface area contributed by atoms with Gasteiger partial charge in [-0.1, -0.05) is 17.7 Å². The lowest BCUT2D eigenvalue weighted by Crippen LogP contribution is -2.50. The molecule has 1 aliphatic rings. The van der Waals surface area contributed by atoms with E-state index < -0.39 is 21.7 Å². The predicted octanol–water partition coefficient (Wildman–Crippen LogP) is 5.17. The van der Waals surface area contributed by atoms with E-state index in [-0.39, 0.29) is 17.0 Å². The van der Waals surface area contributed by atoms with Gasteiger partial charge in [-0.3, -0.25) is 0 Å². The molecule has 5 rings (SSSR count). The monoisotopic (exact) mass is 539 g/mol. The summed E-state index contributed by atoms with van der Waals surface area (Å²) in [6.45, 7) is 7.41. The van der Waals surface area contributed by atoms with Gasteiger partial charge in [-0.2, -0.15) is 0 Å². The lowest BCUT2D eigenvalue weighted by atomic mass is 9.86. The Hall–Kier alpha value is -3.44. The Bertz CT molecular complexity index is 1530. The third kappa shape index (κ3) is 5.19. The molecule has 0 unspecified atom stereocenters. The van der Waals surface area contributed by atoms with Gasteiger partial charge in [0.05, 0.1) is 16.1 Å². The minimum atomic E-state index is -3.83. The number of alkyl carbamates (subject to hydrolysis) is 1. The Morgan fingerprint density at radius 3 is 2.49 bits per heavy atom. The third-order valence-corrected chi connectivity index (χ3v) is 8.62. The van der Waals surface area contributed by atoms with Gasteiger partial charge in [-0.05, 0) is 58.7 Å². The Morgan fingerprint density at radius 2 is 1.84 bits per heavy atom. The number of aryl methyl sites for hydroxylation is 1. The Labute approximate surface area is 220 Å². The van der Waals surface area contributed by atoms with Crippen molar-refractivity contribution in [1.29, 1.82) is 0 Å². The minimum Gasteiger partial charge on any atom is -0.444 e. The van der Waals surface area contributed by atoms with Gasteiger partial charge in [0.15, 0.2) is 5.65 Å². The predicted molar refractivity (Wildman–Crippen MR) is 144 cm³/mol. The summed E-state index contributed by atoms with van der Waals surface area (Å²) in [5.74, 6) is 0. The van der Waals surface area contributed by atoms with Crippen molar-refractivity contribution in [3.63, 3.8) is 0 Å². The Morgan fingerprint density at radius 1 is 1.11 bits per heavy atom. The van der Waals surface area contributed by atoms with E-state index in [2.05, 4.69) is 20.6 Å². The molecule has 9 nitrogen and oxygen atoms in total. The first-order valence-electron chi connectivity index (χ1n) is 12.0. The lowest BCUT2D eigenvalue weighted by molar-refractivity contribution is 0.0475. The van der Waals surface area contributed by atoms with Crippen molar-refractivity contribution >= 4 is 44.2 Å². The van der Waals surface area contributed by atoms with Crippen molar-refractivity contribution in [1.82, 2.24) is 19.3 Å². The topological polar surface area (TPSA) is 115 Å². The second kappa shape index (κ2) is 9.46.